The van der Waals surface area contributed by atoms with Gasteiger partial charge in [0.05, 0.1) is 12.8 Å². The lowest BCUT2D eigenvalue weighted by atomic mass is 10.3. The van der Waals surface area contributed by atoms with Gasteiger partial charge in [-0.3, -0.25) is 4.98 Å². The first-order valence-electron chi connectivity index (χ1n) is 5.04. The maximum atomic E-state index is 5.58. The standard InChI is InChI=1S/C11H17ClN2O/c1-9-6-11(15-2)7-10(14-9)8-13-5-3-4-12/h6-7,13H,3-5,8H2,1-2H3. The van der Waals surface area contributed by atoms with Gasteiger partial charge in [-0.05, 0) is 19.9 Å². The molecule has 0 aliphatic rings. The van der Waals surface area contributed by atoms with E-state index in [-0.39, 0.29) is 0 Å². The molecule has 15 heavy (non-hydrogen) atoms. The van der Waals surface area contributed by atoms with E-state index in [4.69, 9.17) is 16.3 Å². The lowest BCUT2D eigenvalue weighted by molar-refractivity contribution is 0.412. The van der Waals surface area contributed by atoms with E-state index in [2.05, 4.69) is 10.3 Å². The van der Waals surface area contributed by atoms with Crippen molar-refractivity contribution in [1.82, 2.24) is 10.3 Å². The first-order chi connectivity index (χ1) is 7.26. The first kappa shape index (κ1) is 12.3. The van der Waals surface area contributed by atoms with Crippen LogP contribution in [0.3, 0.4) is 0 Å². The number of ether oxygens (including phenoxy) is 1. The smallest absolute Gasteiger partial charge is 0.122 e. The van der Waals surface area contributed by atoms with Gasteiger partial charge in [-0.15, -0.1) is 11.6 Å². The van der Waals surface area contributed by atoms with Crippen LogP contribution in [-0.2, 0) is 6.54 Å². The van der Waals surface area contributed by atoms with E-state index < -0.39 is 0 Å². The molecule has 0 atom stereocenters. The van der Waals surface area contributed by atoms with Crippen molar-refractivity contribution >= 4 is 11.6 Å². The Bertz CT molecular complexity index is 305. The molecule has 3 nitrogen and oxygen atoms in total. The summed E-state index contributed by atoms with van der Waals surface area (Å²) < 4.78 is 5.17. The summed E-state index contributed by atoms with van der Waals surface area (Å²) in [4.78, 5) is 4.40. The lowest BCUT2D eigenvalue weighted by Gasteiger charge is -2.06. The van der Waals surface area contributed by atoms with Crippen molar-refractivity contribution in [2.75, 3.05) is 19.5 Å². The number of methoxy groups -OCH3 is 1. The maximum Gasteiger partial charge on any atom is 0.122 e. The molecular weight excluding hydrogens is 212 g/mol. The molecule has 0 aliphatic carbocycles. The predicted molar refractivity (Wildman–Crippen MR) is 62.6 cm³/mol. The summed E-state index contributed by atoms with van der Waals surface area (Å²) in [6, 6.07) is 3.86. The van der Waals surface area contributed by atoms with Gasteiger partial charge < -0.3 is 10.1 Å². The highest BCUT2D eigenvalue weighted by Gasteiger charge is 1.99. The number of halogens is 1. The molecule has 0 bridgehead atoms. The molecule has 1 heterocycles. The van der Waals surface area contributed by atoms with Crippen LogP contribution in [0.2, 0.25) is 0 Å². The van der Waals surface area contributed by atoms with Gasteiger partial charge in [0.25, 0.3) is 0 Å². The number of alkyl halides is 1. The van der Waals surface area contributed by atoms with Gasteiger partial charge in [-0.25, -0.2) is 0 Å². The topological polar surface area (TPSA) is 34.1 Å². The van der Waals surface area contributed by atoms with Crippen molar-refractivity contribution in [2.45, 2.75) is 19.9 Å². The molecule has 0 aromatic carbocycles. The van der Waals surface area contributed by atoms with Gasteiger partial charge in [0, 0.05) is 30.3 Å². The van der Waals surface area contributed by atoms with Gasteiger partial charge in [-0.1, -0.05) is 0 Å². The fraction of sp³-hybridized carbons (Fsp3) is 0.545. The average Bonchev–Trinajstić information content (AvgIpc) is 2.23. The van der Waals surface area contributed by atoms with Crippen molar-refractivity contribution in [3.05, 3.63) is 23.5 Å². The first-order valence-corrected chi connectivity index (χ1v) is 5.58. The Labute approximate surface area is 95.8 Å². The summed E-state index contributed by atoms with van der Waals surface area (Å²) >= 11 is 5.58. The minimum atomic E-state index is 0.692. The SMILES string of the molecule is COc1cc(C)nc(CNCCCCl)c1. The molecule has 0 saturated heterocycles. The zero-order chi connectivity index (χ0) is 11.1. The Morgan fingerprint density at radius 1 is 1.47 bits per heavy atom. The minimum Gasteiger partial charge on any atom is -0.497 e. The van der Waals surface area contributed by atoms with Crippen molar-refractivity contribution in [3.63, 3.8) is 0 Å². The zero-order valence-electron chi connectivity index (χ0n) is 9.22. The van der Waals surface area contributed by atoms with E-state index in [1.165, 1.54) is 0 Å². The fourth-order valence-corrected chi connectivity index (χ4v) is 1.45. The van der Waals surface area contributed by atoms with Crippen LogP contribution < -0.4 is 10.1 Å². The Morgan fingerprint density at radius 3 is 2.93 bits per heavy atom. The Hall–Kier alpha value is -0.800. The summed E-state index contributed by atoms with van der Waals surface area (Å²) in [5.74, 6) is 1.55. The van der Waals surface area contributed by atoms with Gasteiger partial charge in [0.15, 0.2) is 0 Å². The van der Waals surface area contributed by atoms with E-state index in [9.17, 15) is 0 Å². The molecule has 0 fully saturated rings. The Morgan fingerprint density at radius 2 is 2.27 bits per heavy atom. The van der Waals surface area contributed by atoms with Gasteiger partial charge in [0.2, 0.25) is 0 Å². The molecule has 0 radical (unpaired) electrons. The van der Waals surface area contributed by atoms with Gasteiger partial charge in [-0.2, -0.15) is 0 Å². The van der Waals surface area contributed by atoms with Gasteiger partial charge in [0.1, 0.15) is 5.75 Å². The van der Waals surface area contributed by atoms with Gasteiger partial charge >= 0.3 is 0 Å². The van der Waals surface area contributed by atoms with Crippen molar-refractivity contribution in [2.24, 2.45) is 0 Å². The number of aryl methyl sites for hydroxylation is 1. The quantitative estimate of drug-likeness (QED) is 0.598. The summed E-state index contributed by atoms with van der Waals surface area (Å²) in [6.45, 7) is 3.64. The second-order valence-corrected chi connectivity index (χ2v) is 3.74. The van der Waals surface area contributed by atoms with E-state index in [0.29, 0.717) is 5.88 Å². The van der Waals surface area contributed by atoms with E-state index in [1.807, 2.05) is 19.1 Å². The highest BCUT2D eigenvalue weighted by atomic mass is 35.5. The van der Waals surface area contributed by atoms with Crippen molar-refractivity contribution in [3.8, 4) is 5.75 Å². The maximum absolute atomic E-state index is 5.58. The third-order valence-corrected chi connectivity index (χ3v) is 2.28. The second kappa shape index (κ2) is 6.64. The molecular formula is C11H17ClN2O. The lowest BCUT2D eigenvalue weighted by Crippen LogP contribution is -2.16. The highest BCUT2D eigenvalue weighted by Crippen LogP contribution is 2.12. The minimum absolute atomic E-state index is 0.692. The fourth-order valence-electron chi connectivity index (χ4n) is 1.32. The van der Waals surface area contributed by atoms with Crippen LogP contribution >= 0.6 is 11.6 Å². The number of hydrogen-bond donors (Lipinski definition) is 1. The summed E-state index contributed by atoms with van der Waals surface area (Å²) in [5.41, 5.74) is 1.98. The monoisotopic (exact) mass is 228 g/mol. The molecule has 84 valence electrons. The van der Waals surface area contributed by atoms with Crippen LogP contribution in [0, 0.1) is 6.92 Å². The molecule has 4 heteroatoms. The van der Waals surface area contributed by atoms with E-state index in [1.54, 1.807) is 7.11 Å². The number of nitrogens with one attached hydrogen (secondary N) is 1. The number of pyridine rings is 1. The molecule has 0 amide bonds. The highest BCUT2D eigenvalue weighted by molar-refractivity contribution is 6.17. The van der Waals surface area contributed by atoms with E-state index in [0.717, 1.165) is 36.6 Å². The summed E-state index contributed by atoms with van der Waals surface area (Å²) in [6.07, 6.45) is 0.977. The third kappa shape index (κ3) is 4.49. The normalized spacial score (nSPS) is 10.3. The van der Waals surface area contributed by atoms with E-state index >= 15 is 0 Å². The molecule has 0 saturated carbocycles. The second-order valence-electron chi connectivity index (χ2n) is 3.36. The third-order valence-electron chi connectivity index (χ3n) is 2.01. The zero-order valence-corrected chi connectivity index (χ0v) is 9.97. The van der Waals surface area contributed by atoms with Crippen molar-refractivity contribution < 1.29 is 4.74 Å². The van der Waals surface area contributed by atoms with Crippen LogP contribution in [0.15, 0.2) is 12.1 Å². The van der Waals surface area contributed by atoms with Crippen LogP contribution in [0.4, 0.5) is 0 Å². The van der Waals surface area contributed by atoms with Crippen LogP contribution in [0.25, 0.3) is 0 Å². The largest absolute Gasteiger partial charge is 0.497 e. The van der Waals surface area contributed by atoms with Crippen LogP contribution in [0.5, 0.6) is 5.75 Å². The molecule has 0 spiro atoms. The predicted octanol–water partition coefficient (Wildman–Crippen LogP) is 2.12. The molecule has 1 rings (SSSR count). The number of rotatable bonds is 6. The molecule has 1 aromatic heterocycles. The summed E-state index contributed by atoms with van der Waals surface area (Å²) in [5, 5.41) is 3.28. The molecule has 1 aromatic rings. The number of hydrogen-bond acceptors (Lipinski definition) is 3. The average molecular weight is 229 g/mol. The van der Waals surface area contributed by atoms with Crippen LogP contribution in [-0.4, -0.2) is 24.5 Å². The number of nitrogens with zero attached hydrogens (tertiary/aromatic N) is 1. The van der Waals surface area contributed by atoms with Crippen LogP contribution in [0.1, 0.15) is 17.8 Å². The van der Waals surface area contributed by atoms with Crippen molar-refractivity contribution in [1.29, 1.82) is 0 Å². The molecule has 1 N–H and O–H groups in total. The number of aromatic nitrogens is 1. The Balaban J connectivity index is 2.49. The molecule has 0 aliphatic heterocycles. The molecule has 0 unspecified atom stereocenters. The Kier molecular flexibility index (Phi) is 5.43. The summed E-state index contributed by atoms with van der Waals surface area (Å²) in [7, 11) is 1.67.